The molecule has 1 aliphatic heterocycles. The van der Waals surface area contributed by atoms with Gasteiger partial charge in [-0.15, -0.1) is 0 Å². The lowest BCUT2D eigenvalue weighted by molar-refractivity contribution is 0.102. The van der Waals surface area contributed by atoms with Crippen LogP contribution in [0.25, 0.3) is 0 Å². The van der Waals surface area contributed by atoms with Crippen LogP contribution >= 0.6 is 7.60 Å². The molecule has 0 bridgehead atoms. The van der Waals surface area contributed by atoms with E-state index < -0.39 is 7.60 Å². The summed E-state index contributed by atoms with van der Waals surface area (Å²) in [6, 6.07) is 13.3. The average Bonchev–Trinajstić information content (AvgIpc) is 3.19. The van der Waals surface area contributed by atoms with Crippen LogP contribution in [0.5, 0.6) is 0 Å². The van der Waals surface area contributed by atoms with Gasteiger partial charge in [0.1, 0.15) is 0 Å². The summed E-state index contributed by atoms with van der Waals surface area (Å²) in [5.41, 5.74) is 2.46. The Morgan fingerprint density at radius 3 is 2.33 bits per heavy atom. The average molecular weight is 432 g/mol. The molecule has 0 spiro atoms. The Morgan fingerprint density at radius 2 is 1.70 bits per heavy atom. The molecule has 30 heavy (non-hydrogen) atoms. The lowest BCUT2D eigenvalue weighted by Crippen LogP contribution is -2.22. The molecule has 1 aliphatic rings. The molecule has 2 heterocycles. The van der Waals surface area contributed by atoms with Gasteiger partial charge in [-0.3, -0.25) is 9.36 Å². The van der Waals surface area contributed by atoms with E-state index in [9.17, 15) is 9.36 Å². The Bertz CT molecular complexity index is 847. The van der Waals surface area contributed by atoms with Crippen LogP contribution in [0, 0.1) is 0 Å². The zero-order valence-corrected chi connectivity index (χ0v) is 19.1. The van der Waals surface area contributed by atoms with Crippen molar-refractivity contribution in [3.05, 3.63) is 59.4 Å². The Kier molecular flexibility index (Phi) is 8.50. The fourth-order valence-electron chi connectivity index (χ4n) is 3.96. The zero-order chi connectivity index (χ0) is 21.4. The molecular weight excluding hydrogens is 397 g/mol. The quantitative estimate of drug-likeness (QED) is 0.221. The first kappa shape index (κ1) is 23.0. The van der Waals surface area contributed by atoms with Gasteiger partial charge in [-0.05, 0) is 37.8 Å². The van der Waals surface area contributed by atoms with E-state index in [-0.39, 0.29) is 11.7 Å². The number of ketones is 1. The van der Waals surface area contributed by atoms with Gasteiger partial charge in [-0.25, -0.2) is 0 Å². The molecule has 164 valence electrons. The van der Waals surface area contributed by atoms with Crippen LogP contribution < -0.4 is 0 Å². The van der Waals surface area contributed by atoms with Crippen molar-refractivity contribution in [2.45, 2.75) is 64.8 Å². The van der Waals surface area contributed by atoms with Gasteiger partial charge in [0.15, 0.2) is 0 Å². The van der Waals surface area contributed by atoms with Crippen molar-refractivity contribution in [2.24, 2.45) is 0 Å². The van der Waals surface area contributed by atoms with Crippen molar-refractivity contribution in [1.29, 1.82) is 0 Å². The van der Waals surface area contributed by atoms with Gasteiger partial charge in [0, 0.05) is 23.7 Å². The maximum Gasteiger partial charge on any atom is 0.331 e. The second-order valence-electron chi connectivity index (χ2n) is 8.00. The number of nitrogens with zero attached hydrogens (tertiary/aromatic N) is 1. The van der Waals surface area contributed by atoms with E-state index in [1.807, 2.05) is 42.5 Å². The largest absolute Gasteiger partial charge is 0.342 e. The molecular formula is C24H34NO4P. The number of carbonyl (C=O) groups excluding carboxylic acids is 1. The topological polar surface area (TPSA) is 57.5 Å². The van der Waals surface area contributed by atoms with E-state index in [0.29, 0.717) is 30.6 Å². The molecule has 1 aromatic heterocycles. The second kappa shape index (κ2) is 11.1. The molecule has 0 aliphatic carbocycles. The highest BCUT2D eigenvalue weighted by atomic mass is 31.2. The van der Waals surface area contributed by atoms with Gasteiger partial charge in [0.25, 0.3) is 0 Å². The van der Waals surface area contributed by atoms with Crippen LogP contribution in [0.4, 0.5) is 0 Å². The highest BCUT2D eigenvalue weighted by Gasteiger charge is 2.34. The molecule has 0 saturated carbocycles. The summed E-state index contributed by atoms with van der Waals surface area (Å²) in [7, 11) is -3.17. The number of hydrogen-bond donors (Lipinski definition) is 0. The molecule has 1 aromatic carbocycles. The van der Waals surface area contributed by atoms with E-state index in [2.05, 4.69) is 18.4 Å². The number of rotatable bonds is 12. The molecule has 3 rings (SSSR count). The molecule has 0 saturated heterocycles. The van der Waals surface area contributed by atoms with Crippen LogP contribution in [0.2, 0.25) is 0 Å². The molecule has 5 nitrogen and oxygen atoms in total. The third-order valence-corrected chi connectivity index (χ3v) is 7.69. The van der Waals surface area contributed by atoms with Crippen LogP contribution in [0.15, 0.2) is 42.5 Å². The minimum atomic E-state index is -3.17. The van der Waals surface area contributed by atoms with E-state index in [1.165, 1.54) is 0 Å². The Hall–Kier alpha value is -1.68. The highest BCUT2D eigenvalue weighted by Crippen LogP contribution is 2.53. The first-order valence-electron chi connectivity index (χ1n) is 11.2. The van der Waals surface area contributed by atoms with E-state index in [1.54, 1.807) is 0 Å². The number of aromatic nitrogens is 1. The van der Waals surface area contributed by atoms with Crippen LogP contribution in [0.3, 0.4) is 0 Å². The Balaban J connectivity index is 1.78. The normalized spacial score (nSPS) is 16.4. The van der Waals surface area contributed by atoms with Crippen molar-refractivity contribution in [3.63, 3.8) is 0 Å². The highest BCUT2D eigenvalue weighted by molar-refractivity contribution is 7.53. The van der Waals surface area contributed by atoms with E-state index in [4.69, 9.17) is 9.05 Å². The maximum atomic E-state index is 13.5. The summed E-state index contributed by atoms with van der Waals surface area (Å²) in [5, 5.41) is 0. The second-order valence-corrected chi connectivity index (χ2v) is 10.1. The fourth-order valence-corrected chi connectivity index (χ4v) is 5.97. The number of unbranched alkanes of at least 4 members (excludes halogenated alkanes) is 2. The Labute approximate surface area is 180 Å². The molecule has 2 aromatic rings. The van der Waals surface area contributed by atoms with Crippen molar-refractivity contribution in [1.82, 2.24) is 4.57 Å². The smallest absolute Gasteiger partial charge is 0.331 e. The molecule has 1 unspecified atom stereocenters. The predicted octanol–water partition coefficient (Wildman–Crippen LogP) is 6.42. The summed E-state index contributed by atoms with van der Waals surface area (Å²) in [6.07, 6.45) is 5.99. The maximum absolute atomic E-state index is 13.5. The fraction of sp³-hybridized carbons (Fsp3) is 0.542. The zero-order valence-electron chi connectivity index (χ0n) is 18.2. The summed E-state index contributed by atoms with van der Waals surface area (Å²) in [5.74, 6) is 0.106. The number of fused-ring (bicyclic) bond motifs is 1. The first-order valence-corrected chi connectivity index (χ1v) is 13.0. The Morgan fingerprint density at radius 1 is 1.03 bits per heavy atom. The molecule has 0 amide bonds. The van der Waals surface area contributed by atoms with Gasteiger partial charge in [-0.1, -0.05) is 57.0 Å². The first-order chi connectivity index (χ1) is 14.6. The summed E-state index contributed by atoms with van der Waals surface area (Å²) in [4.78, 5) is 13.0. The standard InChI is InChI=1S/C24H34NO4P/c1-3-5-17-28-30(27,29-18-6-4-2)19-21-13-10-16-25-22(21)14-15-23(25)24(26)20-11-8-7-9-12-20/h7-9,11-12,14-15,21H,3-6,10,13,16-19H2,1-2H3. The van der Waals surface area contributed by atoms with Gasteiger partial charge in [0.05, 0.1) is 25.1 Å². The molecule has 6 heteroatoms. The summed E-state index contributed by atoms with van der Waals surface area (Å²) < 4.78 is 27.2. The van der Waals surface area contributed by atoms with Gasteiger partial charge in [0.2, 0.25) is 5.78 Å². The van der Waals surface area contributed by atoms with Crippen LogP contribution in [0.1, 0.15) is 80.0 Å². The van der Waals surface area contributed by atoms with Crippen molar-refractivity contribution in [3.8, 4) is 0 Å². The number of hydrogen-bond acceptors (Lipinski definition) is 4. The lowest BCUT2D eigenvalue weighted by Gasteiger charge is -2.29. The number of benzene rings is 1. The third-order valence-electron chi connectivity index (χ3n) is 5.65. The summed E-state index contributed by atoms with van der Waals surface area (Å²) >= 11 is 0. The van der Waals surface area contributed by atoms with E-state index in [0.717, 1.165) is 50.8 Å². The van der Waals surface area contributed by atoms with Crippen molar-refractivity contribution in [2.75, 3.05) is 19.4 Å². The minimum absolute atomic E-state index is 0.0316. The third kappa shape index (κ3) is 5.72. The SMILES string of the molecule is CCCCOP(=O)(CC1CCCn2c(C(=O)c3ccccc3)ccc21)OCCCC. The predicted molar refractivity (Wildman–Crippen MR) is 120 cm³/mol. The van der Waals surface area contributed by atoms with Gasteiger partial charge < -0.3 is 13.6 Å². The molecule has 0 radical (unpaired) electrons. The monoisotopic (exact) mass is 431 g/mol. The van der Waals surface area contributed by atoms with Crippen molar-refractivity contribution >= 4 is 13.4 Å². The molecule has 0 N–H and O–H groups in total. The molecule has 0 fully saturated rings. The van der Waals surface area contributed by atoms with Gasteiger partial charge >= 0.3 is 7.60 Å². The van der Waals surface area contributed by atoms with Crippen molar-refractivity contribution < 1.29 is 18.4 Å². The van der Waals surface area contributed by atoms with E-state index >= 15 is 0 Å². The number of carbonyl (C=O) groups is 1. The van der Waals surface area contributed by atoms with Gasteiger partial charge in [-0.2, -0.15) is 0 Å². The minimum Gasteiger partial charge on any atom is -0.342 e. The molecule has 1 atom stereocenters. The lowest BCUT2D eigenvalue weighted by atomic mass is 9.98. The summed E-state index contributed by atoms with van der Waals surface area (Å²) in [6.45, 7) is 5.91. The van der Waals surface area contributed by atoms with Crippen LogP contribution in [-0.4, -0.2) is 29.7 Å². The van der Waals surface area contributed by atoms with Crippen LogP contribution in [-0.2, 0) is 20.2 Å².